The minimum atomic E-state index is -3.80. The molecule has 0 atom stereocenters. The summed E-state index contributed by atoms with van der Waals surface area (Å²) in [4.78, 5) is 14.9. The van der Waals surface area contributed by atoms with Gasteiger partial charge in [-0.2, -0.15) is 0 Å². The van der Waals surface area contributed by atoms with Crippen LogP contribution in [0.2, 0.25) is 0 Å². The lowest BCUT2D eigenvalue weighted by Gasteiger charge is -2.19. The standard InChI is InChI=1S/C28H26F2N6O2S/c1-4-13-39(37,38)34-23-10-9-22(29)28(26(23)30)36-16-21(19-14-31-17-32-15-19)27-24(36)11-12-25(33-27)35(3)20-7-5-18(2)6-8-20/h5-12,14-17,34H,4,13H2,1-3H3. The lowest BCUT2D eigenvalue weighted by molar-refractivity contribution is 0.572. The fourth-order valence-electron chi connectivity index (χ4n) is 4.34. The predicted molar refractivity (Wildman–Crippen MR) is 149 cm³/mol. The highest BCUT2D eigenvalue weighted by Crippen LogP contribution is 2.36. The number of nitrogens with one attached hydrogen (secondary N) is 1. The minimum absolute atomic E-state index is 0.190. The van der Waals surface area contributed by atoms with Crippen molar-refractivity contribution in [2.24, 2.45) is 0 Å². The van der Waals surface area contributed by atoms with Crippen molar-refractivity contribution in [3.05, 3.63) is 90.6 Å². The molecule has 0 saturated heterocycles. The van der Waals surface area contributed by atoms with E-state index in [2.05, 4.69) is 14.7 Å². The lowest BCUT2D eigenvalue weighted by Crippen LogP contribution is -2.18. The molecule has 0 amide bonds. The van der Waals surface area contributed by atoms with Crippen LogP contribution in [0.1, 0.15) is 18.9 Å². The maximum absolute atomic E-state index is 15.7. The van der Waals surface area contributed by atoms with E-state index in [9.17, 15) is 8.42 Å². The number of nitrogens with zero attached hydrogens (tertiary/aromatic N) is 5. The normalized spacial score (nSPS) is 11.6. The quantitative estimate of drug-likeness (QED) is 0.256. The molecule has 0 fully saturated rings. The van der Waals surface area contributed by atoms with Crippen LogP contribution in [0.3, 0.4) is 0 Å². The van der Waals surface area contributed by atoms with Gasteiger partial charge in [0, 0.05) is 42.5 Å². The smallest absolute Gasteiger partial charge is 0.232 e. The van der Waals surface area contributed by atoms with Gasteiger partial charge in [0.05, 0.1) is 22.5 Å². The minimum Gasteiger partial charge on any atom is -0.329 e. The van der Waals surface area contributed by atoms with Crippen LogP contribution in [0.15, 0.2) is 73.4 Å². The Morgan fingerprint density at radius 2 is 1.72 bits per heavy atom. The number of hydrogen-bond donors (Lipinski definition) is 1. The van der Waals surface area contributed by atoms with Crippen LogP contribution < -0.4 is 9.62 Å². The van der Waals surface area contributed by atoms with E-state index >= 15 is 8.78 Å². The second-order valence-electron chi connectivity index (χ2n) is 9.15. The van der Waals surface area contributed by atoms with Crippen LogP contribution in [0.25, 0.3) is 27.8 Å². The summed E-state index contributed by atoms with van der Waals surface area (Å²) in [7, 11) is -1.92. The summed E-state index contributed by atoms with van der Waals surface area (Å²) < 4.78 is 59.2. The SMILES string of the molecule is CCCS(=O)(=O)Nc1ccc(F)c(-n2cc(-c3cncnc3)c3nc(N(C)c4ccc(C)cc4)ccc32)c1F. The Kier molecular flexibility index (Phi) is 7.00. The fourth-order valence-corrected chi connectivity index (χ4v) is 5.48. The van der Waals surface area contributed by atoms with E-state index in [0.29, 0.717) is 34.4 Å². The number of hydrogen-bond acceptors (Lipinski definition) is 6. The second-order valence-corrected chi connectivity index (χ2v) is 11.0. The molecule has 3 heterocycles. The van der Waals surface area contributed by atoms with E-state index in [-0.39, 0.29) is 11.4 Å². The van der Waals surface area contributed by atoms with Gasteiger partial charge in [0.2, 0.25) is 10.0 Å². The molecule has 1 N–H and O–H groups in total. The average Bonchev–Trinajstić information content (AvgIpc) is 3.29. The van der Waals surface area contributed by atoms with Gasteiger partial charge < -0.3 is 9.47 Å². The Hall–Kier alpha value is -4.38. The third kappa shape index (κ3) is 5.17. The third-order valence-electron chi connectivity index (χ3n) is 6.31. The molecular weight excluding hydrogens is 522 g/mol. The molecule has 0 radical (unpaired) electrons. The number of halogens is 2. The number of anilines is 3. The summed E-state index contributed by atoms with van der Waals surface area (Å²) in [6.07, 6.45) is 6.47. The Labute approximate surface area is 225 Å². The summed E-state index contributed by atoms with van der Waals surface area (Å²) in [5.74, 6) is -1.47. The van der Waals surface area contributed by atoms with Crippen LogP contribution in [0.5, 0.6) is 0 Å². The Morgan fingerprint density at radius 3 is 2.41 bits per heavy atom. The molecule has 5 rings (SSSR count). The van der Waals surface area contributed by atoms with Crippen molar-refractivity contribution in [1.29, 1.82) is 0 Å². The number of fused-ring (bicyclic) bond motifs is 1. The summed E-state index contributed by atoms with van der Waals surface area (Å²) in [6, 6.07) is 13.6. The van der Waals surface area contributed by atoms with Gasteiger partial charge in [-0.15, -0.1) is 0 Å². The van der Waals surface area contributed by atoms with Crippen molar-refractivity contribution >= 4 is 38.2 Å². The molecule has 2 aromatic carbocycles. The fraction of sp³-hybridized carbons (Fsp3) is 0.179. The van der Waals surface area contributed by atoms with Crippen molar-refractivity contribution in [2.75, 3.05) is 22.4 Å². The highest BCUT2D eigenvalue weighted by molar-refractivity contribution is 7.92. The molecule has 8 nitrogen and oxygen atoms in total. The average molecular weight is 549 g/mol. The molecule has 0 aliphatic rings. The number of rotatable bonds is 8. The van der Waals surface area contributed by atoms with Crippen molar-refractivity contribution in [3.8, 4) is 16.8 Å². The van der Waals surface area contributed by atoms with Crippen LogP contribution in [-0.2, 0) is 10.0 Å². The molecule has 0 bridgehead atoms. The number of pyridine rings is 1. The van der Waals surface area contributed by atoms with E-state index in [1.165, 1.54) is 10.9 Å². The second kappa shape index (κ2) is 10.4. The Bertz CT molecular complexity index is 1760. The number of sulfonamides is 1. The molecule has 0 spiro atoms. The molecule has 5 aromatic rings. The molecule has 0 unspecified atom stereocenters. The zero-order chi connectivity index (χ0) is 27.7. The zero-order valence-corrected chi connectivity index (χ0v) is 22.4. The van der Waals surface area contributed by atoms with E-state index in [1.54, 1.807) is 37.6 Å². The van der Waals surface area contributed by atoms with E-state index in [1.807, 2.05) is 43.1 Å². The van der Waals surface area contributed by atoms with Crippen molar-refractivity contribution in [1.82, 2.24) is 19.5 Å². The van der Waals surface area contributed by atoms with Gasteiger partial charge in [-0.25, -0.2) is 32.2 Å². The molecule has 3 aromatic heterocycles. The first-order valence-electron chi connectivity index (χ1n) is 12.2. The van der Waals surface area contributed by atoms with Crippen LogP contribution in [0, 0.1) is 18.6 Å². The first kappa shape index (κ1) is 26.2. The maximum Gasteiger partial charge on any atom is 0.232 e. The molecule has 11 heteroatoms. The van der Waals surface area contributed by atoms with Gasteiger partial charge in [-0.05, 0) is 49.7 Å². The first-order chi connectivity index (χ1) is 18.7. The van der Waals surface area contributed by atoms with Crippen molar-refractivity contribution in [2.45, 2.75) is 20.3 Å². The third-order valence-corrected chi connectivity index (χ3v) is 7.79. The summed E-state index contributed by atoms with van der Waals surface area (Å²) in [5.41, 5.74) is 3.32. The van der Waals surface area contributed by atoms with E-state index in [4.69, 9.17) is 4.98 Å². The van der Waals surface area contributed by atoms with Gasteiger partial charge in [0.1, 0.15) is 23.6 Å². The number of aromatic nitrogens is 4. The van der Waals surface area contributed by atoms with Crippen LogP contribution in [-0.4, -0.2) is 40.7 Å². The Morgan fingerprint density at radius 1 is 1.00 bits per heavy atom. The van der Waals surface area contributed by atoms with Gasteiger partial charge >= 0.3 is 0 Å². The zero-order valence-electron chi connectivity index (χ0n) is 21.6. The highest BCUT2D eigenvalue weighted by Gasteiger charge is 2.23. The van der Waals surface area contributed by atoms with E-state index < -0.39 is 27.3 Å². The highest BCUT2D eigenvalue weighted by atomic mass is 32.2. The monoisotopic (exact) mass is 548 g/mol. The summed E-state index contributed by atoms with van der Waals surface area (Å²) in [5, 5.41) is 0. The molecule has 0 aliphatic carbocycles. The molecule has 0 aliphatic heterocycles. The van der Waals surface area contributed by atoms with Gasteiger partial charge in [-0.1, -0.05) is 24.6 Å². The van der Waals surface area contributed by atoms with E-state index in [0.717, 1.165) is 23.4 Å². The summed E-state index contributed by atoms with van der Waals surface area (Å²) >= 11 is 0. The largest absolute Gasteiger partial charge is 0.329 e. The molecule has 39 heavy (non-hydrogen) atoms. The topological polar surface area (TPSA) is 93.0 Å². The molecule has 0 saturated carbocycles. The first-order valence-corrected chi connectivity index (χ1v) is 13.9. The van der Waals surface area contributed by atoms with Crippen LogP contribution >= 0.6 is 0 Å². The van der Waals surface area contributed by atoms with Gasteiger partial charge in [0.25, 0.3) is 0 Å². The number of aryl methyl sites for hydroxylation is 1. The van der Waals surface area contributed by atoms with Gasteiger partial charge in [0.15, 0.2) is 5.82 Å². The van der Waals surface area contributed by atoms with Crippen molar-refractivity contribution < 1.29 is 17.2 Å². The summed E-state index contributed by atoms with van der Waals surface area (Å²) in [6.45, 7) is 3.71. The van der Waals surface area contributed by atoms with Crippen molar-refractivity contribution in [3.63, 3.8) is 0 Å². The van der Waals surface area contributed by atoms with Gasteiger partial charge in [-0.3, -0.25) is 4.72 Å². The molecular formula is C28H26F2N6O2S. The Balaban J connectivity index is 1.70. The predicted octanol–water partition coefficient (Wildman–Crippen LogP) is 5.99. The maximum atomic E-state index is 15.7. The lowest BCUT2D eigenvalue weighted by atomic mass is 10.1. The number of benzene rings is 2. The molecule has 200 valence electrons. The van der Waals surface area contributed by atoms with Crippen LogP contribution in [0.4, 0.5) is 26.0 Å².